The minimum Gasteiger partial charge on any atom is -0.409 e. The van der Waals surface area contributed by atoms with Crippen LogP contribution in [0.25, 0.3) is 0 Å². The van der Waals surface area contributed by atoms with Gasteiger partial charge in [-0.15, -0.1) is 0 Å². The highest BCUT2D eigenvalue weighted by Gasteiger charge is 2.17. The first-order valence-electron chi connectivity index (χ1n) is 6.45. The fourth-order valence-corrected chi connectivity index (χ4v) is 2.23. The monoisotopic (exact) mass is 304 g/mol. The van der Waals surface area contributed by atoms with Crippen molar-refractivity contribution in [1.82, 2.24) is 4.98 Å². The Morgan fingerprint density at radius 1 is 1.33 bits per heavy atom. The number of halogens is 1. The van der Waals surface area contributed by atoms with Crippen LogP contribution in [0.5, 0.6) is 0 Å². The summed E-state index contributed by atoms with van der Waals surface area (Å²) < 4.78 is 0. The van der Waals surface area contributed by atoms with Crippen LogP contribution in [-0.2, 0) is 0 Å². The van der Waals surface area contributed by atoms with Gasteiger partial charge in [-0.25, -0.2) is 0 Å². The van der Waals surface area contributed by atoms with Crippen molar-refractivity contribution in [2.75, 3.05) is 11.9 Å². The number of hydrogen-bond donors (Lipinski definition) is 2. The first kappa shape index (κ1) is 15.1. The number of pyridine rings is 1. The van der Waals surface area contributed by atoms with Gasteiger partial charge in [0.15, 0.2) is 5.84 Å². The maximum Gasteiger partial charge on any atom is 0.190 e. The van der Waals surface area contributed by atoms with E-state index in [9.17, 15) is 0 Å². The van der Waals surface area contributed by atoms with Gasteiger partial charge in [-0.1, -0.05) is 28.9 Å². The standard InChI is InChI=1S/C15H17ClN4O/c1-10(11-5-7-12(16)8-6-11)20(2)13-4-3-9-18-14(13)15(17)19-21/h3-10,21H,1-2H3,(H2,17,19). The summed E-state index contributed by atoms with van der Waals surface area (Å²) in [7, 11) is 1.93. The Balaban J connectivity index is 2.35. The van der Waals surface area contributed by atoms with Crippen LogP contribution in [-0.4, -0.2) is 23.1 Å². The summed E-state index contributed by atoms with van der Waals surface area (Å²) in [5.41, 5.74) is 8.03. The van der Waals surface area contributed by atoms with E-state index in [1.54, 1.807) is 6.20 Å². The Kier molecular flexibility index (Phi) is 4.65. The third-order valence-electron chi connectivity index (χ3n) is 3.45. The third kappa shape index (κ3) is 3.25. The fraction of sp³-hybridized carbons (Fsp3) is 0.200. The van der Waals surface area contributed by atoms with Crippen molar-refractivity contribution in [2.24, 2.45) is 10.9 Å². The van der Waals surface area contributed by atoms with Crippen LogP contribution in [0.4, 0.5) is 5.69 Å². The number of oxime groups is 1. The lowest BCUT2D eigenvalue weighted by Crippen LogP contribution is -2.26. The zero-order valence-electron chi connectivity index (χ0n) is 11.9. The summed E-state index contributed by atoms with van der Waals surface area (Å²) in [5.74, 6) is -0.0132. The molecule has 0 saturated carbocycles. The van der Waals surface area contributed by atoms with E-state index in [1.165, 1.54) is 0 Å². The van der Waals surface area contributed by atoms with Gasteiger partial charge >= 0.3 is 0 Å². The lowest BCUT2D eigenvalue weighted by molar-refractivity contribution is 0.318. The van der Waals surface area contributed by atoms with E-state index in [2.05, 4.69) is 17.1 Å². The summed E-state index contributed by atoms with van der Waals surface area (Å²) >= 11 is 5.91. The van der Waals surface area contributed by atoms with Gasteiger partial charge in [0.1, 0.15) is 5.69 Å². The Bertz CT molecular complexity index is 642. The van der Waals surface area contributed by atoms with Gasteiger partial charge in [0.05, 0.1) is 11.7 Å². The molecule has 5 nitrogen and oxygen atoms in total. The molecule has 110 valence electrons. The summed E-state index contributed by atoms with van der Waals surface area (Å²) in [6, 6.07) is 11.4. The van der Waals surface area contributed by atoms with Crippen molar-refractivity contribution < 1.29 is 5.21 Å². The van der Waals surface area contributed by atoms with Crippen LogP contribution < -0.4 is 10.6 Å². The lowest BCUT2D eigenvalue weighted by atomic mass is 10.1. The van der Waals surface area contributed by atoms with E-state index in [4.69, 9.17) is 22.5 Å². The highest BCUT2D eigenvalue weighted by molar-refractivity contribution is 6.30. The van der Waals surface area contributed by atoms with E-state index < -0.39 is 0 Å². The van der Waals surface area contributed by atoms with Crippen LogP contribution in [0.15, 0.2) is 47.8 Å². The SMILES string of the molecule is CC(c1ccc(Cl)cc1)N(C)c1cccnc1/C(N)=N/O. The van der Waals surface area contributed by atoms with Gasteiger partial charge in [-0.05, 0) is 36.8 Å². The molecule has 1 heterocycles. The van der Waals surface area contributed by atoms with Crippen molar-refractivity contribution in [1.29, 1.82) is 0 Å². The van der Waals surface area contributed by atoms with Gasteiger partial charge in [-0.2, -0.15) is 0 Å². The summed E-state index contributed by atoms with van der Waals surface area (Å²) in [4.78, 5) is 6.20. The zero-order chi connectivity index (χ0) is 15.4. The molecule has 1 atom stereocenters. The molecule has 0 spiro atoms. The molecule has 0 aliphatic rings. The Hall–Kier alpha value is -2.27. The maximum atomic E-state index is 8.87. The molecule has 2 rings (SSSR count). The number of benzene rings is 1. The molecule has 0 saturated heterocycles. The molecule has 2 aromatic rings. The van der Waals surface area contributed by atoms with Crippen LogP contribution in [0, 0.1) is 0 Å². The predicted octanol–water partition coefficient (Wildman–Crippen LogP) is 3.03. The quantitative estimate of drug-likeness (QED) is 0.394. The van der Waals surface area contributed by atoms with E-state index >= 15 is 0 Å². The number of hydrogen-bond acceptors (Lipinski definition) is 4. The first-order chi connectivity index (χ1) is 10.0. The molecule has 0 aliphatic heterocycles. The predicted molar refractivity (Wildman–Crippen MR) is 85.0 cm³/mol. The highest BCUT2D eigenvalue weighted by Crippen LogP contribution is 2.27. The first-order valence-corrected chi connectivity index (χ1v) is 6.83. The Morgan fingerprint density at radius 3 is 2.62 bits per heavy atom. The minimum atomic E-state index is -0.0132. The van der Waals surface area contributed by atoms with Crippen LogP contribution in [0.2, 0.25) is 5.02 Å². The van der Waals surface area contributed by atoms with Crippen LogP contribution in [0.3, 0.4) is 0 Å². The molecule has 6 heteroatoms. The molecule has 0 aliphatic carbocycles. The molecule has 21 heavy (non-hydrogen) atoms. The zero-order valence-corrected chi connectivity index (χ0v) is 12.6. The molecule has 0 bridgehead atoms. The van der Waals surface area contributed by atoms with Gasteiger partial charge in [-0.3, -0.25) is 4.98 Å². The van der Waals surface area contributed by atoms with E-state index in [-0.39, 0.29) is 11.9 Å². The second-order valence-electron chi connectivity index (χ2n) is 4.69. The highest BCUT2D eigenvalue weighted by atomic mass is 35.5. The minimum absolute atomic E-state index is 0.0132. The number of nitrogens with zero attached hydrogens (tertiary/aromatic N) is 3. The largest absolute Gasteiger partial charge is 0.409 e. The molecule has 0 amide bonds. The van der Waals surface area contributed by atoms with E-state index in [0.717, 1.165) is 11.3 Å². The molecular formula is C15H17ClN4O. The Labute approximate surface area is 128 Å². The molecular weight excluding hydrogens is 288 g/mol. The van der Waals surface area contributed by atoms with Gasteiger partial charge in [0.2, 0.25) is 0 Å². The number of aromatic nitrogens is 1. The van der Waals surface area contributed by atoms with Crippen molar-refractivity contribution in [3.8, 4) is 0 Å². The van der Waals surface area contributed by atoms with Gasteiger partial charge < -0.3 is 15.8 Å². The van der Waals surface area contributed by atoms with Gasteiger partial charge in [0, 0.05) is 18.3 Å². The van der Waals surface area contributed by atoms with Crippen molar-refractivity contribution in [2.45, 2.75) is 13.0 Å². The molecule has 0 radical (unpaired) electrons. The maximum absolute atomic E-state index is 8.87. The molecule has 0 fully saturated rings. The van der Waals surface area contributed by atoms with Crippen molar-refractivity contribution >= 4 is 23.1 Å². The second kappa shape index (κ2) is 6.45. The average Bonchev–Trinajstić information content (AvgIpc) is 2.53. The van der Waals surface area contributed by atoms with Crippen LogP contribution >= 0.6 is 11.6 Å². The smallest absolute Gasteiger partial charge is 0.190 e. The van der Waals surface area contributed by atoms with E-state index in [0.29, 0.717) is 10.7 Å². The topological polar surface area (TPSA) is 74.7 Å². The summed E-state index contributed by atoms with van der Waals surface area (Å²) in [5, 5.41) is 12.6. The fourth-order valence-electron chi connectivity index (χ4n) is 2.10. The van der Waals surface area contributed by atoms with Crippen molar-refractivity contribution in [3.05, 3.63) is 58.9 Å². The number of nitrogens with two attached hydrogens (primary N) is 1. The summed E-state index contributed by atoms with van der Waals surface area (Å²) in [6.07, 6.45) is 1.61. The third-order valence-corrected chi connectivity index (χ3v) is 3.70. The number of rotatable bonds is 4. The summed E-state index contributed by atoms with van der Waals surface area (Å²) in [6.45, 7) is 2.06. The van der Waals surface area contributed by atoms with E-state index in [1.807, 2.05) is 48.3 Å². The van der Waals surface area contributed by atoms with Gasteiger partial charge in [0.25, 0.3) is 0 Å². The molecule has 1 aromatic carbocycles. The number of anilines is 1. The second-order valence-corrected chi connectivity index (χ2v) is 5.13. The molecule has 1 unspecified atom stereocenters. The Morgan fingerprint density at radius 2 is 2.00 bits per heavy atom. The van der Waals surface area contributed by atoms with Crippen LogP contribution in [0.1, 0.15) is 24.2 Å². The lowest BCUT2D eigenvalue weighted by Gasteiger charge is -2.28. The molecule has 3 N–H and O–H groups in total. The molecule has 1 aromatic heterocycles. The normalized spacial score (nSPS) is 13.0. The number of amidine groups is 1. The average molecular weight is 305 g/mol. The van der Waals surface area contributed by atoms with Crippen molar-refractivity contribution in [3.63, 3.8) is 0 Å².